The largest absolute Gasteiger partial charge is 0.322 e. The number of rotatable bonds is 5. The predicted octanol–water partition coefficient (Wildman–Crippen LogP) is 4.24. The van der Waals surface area contributed by atoms with E-state index in [1.165, 1.54) is 15.9 Å². The Balaban J connectivity index is 1.77. The third kappa shape index (κ3) is 4.57. The number of piperidine rings is 1. The highest BCUT2D eigenvalue weighted by molar-refractivity contribution is 7.89. The Labute approximate surface area is 161 Å². The van der Waals surface area contributed by atoms with Crippen LogP contribution in [0.15, 0.2) is 53.4 Å². The van der Waals surface area contributed by atoms with Crippen LogP contribution in [0.5, 0.6) is 0 Å². The van der Waals surface area contributed by atoms with Crippen LogP contribution in [0.25, 0.3) is 0 Å². The average Bonchev–Trinajstić information content (AvgIpc) is 2.69. The Morgan fingerprint density at radius 2 is 1.67 bits per heavy atom. The number of nitrogens with one attached hydrogen (secondary N) is 1. The van der Waals surface area contributed by atoms with Gasteiger partial charge >= 0.3 is 0 Å². The zero-order valence-corrected chi connectivity index (χ0v) is 16.6. The molecule has 0 atom stereocenters. The second kappa shape index (κ2) is 8.23. The molecule has 0 unspecified atom stereocenters. The van der Waals surface area contributed by atoms with Crippen LogP contribution < -0.4 is 5.32 Å². The van der Waals surface area contributed by atoms with Gasteiger partial charge in [0, 0.05) is 24.3 Å². The lowest BCUT2D eigenvalue weighted by Crippen LogP contribution is -2.35. The van der Waals surface area contributed by atoms with Gasteiger partial charge in [0.2, 0.25) is 10.0 Å². The van der Waals surface area contributed by atoms with Gasteiger partial charge in [0.05, 0.1) is 4.90 Å². The van der Waals surface area contributed by atoms with E-state index in [0.717, 1.165) is 19.3 Å². The molecule has 0 bridgehead atoms. The molecule has 0 aromatic heterocycles. The van der Waals surface area contributed by atoms with Crippen molar-refractivity contribution in [3.05, 3.63) is 59.7 Å². The van der Waals surface area contributed by atoms with Crippen molar-refractivity contribution in [1.82, 2.24) is 4.31 Å². The van der Waals surface area contributed by atoms with Crippen molar-refractivity contribution in [3.63, 3.8) is 0 Å². The first kappa shape index (κ1) is 19.6. The van der Waals surface area contributed by atoms with Gasteiger partial charge in [-0.1, -0.05) is 38.5 Å². The van der Waals surface area contributed by atoms with Crippen molar-refractivity contribution in [1.29, 1.82) is 0 Å². The molecular formula is C21H26N2O3S. The van der Waals surface area contributed by atoms with Crippen molar-refractivity contribution in [2.45, 2.75) is 43.9 Å². The highest BCUT2D eigenvalue weighted by Gasteiger charge is 2.26. The Morgan fingerprint density at radius 1 is 1.00 bits per heavy atom. The summed E-state index contributed by atoms with van der Waals surface area (Å²) in [5.74, 6) is 0.106. The quantitative estimate of drug-likeness (QED) is 0.836. The molecule has 0 saturated carbocycles. The fourth-order valence-electron chi connectivity index (χ4n) is 3.21. The molecule has 1 aliphatic rings. The van der Waals surface area contributed by atoms with Crippen LogP contribution in [0.1, 0.15) is 54.9 Å². The SMILES string of the molecule is CC(C)c1ccc(NC(=O)c2cccc(S(=O)(=O)N3CCCCC3)c2)cc1. The van der Waals surface area contributed by atoms with E-state index in [-0.39, 0.29) is 10.8 Å². The van der Waals surface area contributed by atoms with Gasteiger partial charge in [-0.2, -0.15) is 4.31 Å². The molecule has 5 nitrogen and oxygen atoms in total. The van der Waals surface area contributed by atoms with Gasteiger partial charge < -0.3 is 5.32 Å². The van der Waals surface area contributed by atoms with Gasteiger partial charge in [-0.3, -0.25) is 4.79 Å². The monoisotopic (exact) mass is 386 g/mol. The molecule has 3 rings (SSSR count). The number of hydrogen-bond acceptors (Lipinski definition) is 3. The minimum Gasteiger partial charge on any atom is -0.322 e. The van der Waals surface area contributed by atoms with E-state index < -0.39 is 10.0 Å². The molecule has 2 aromatic carbocycles. The molecule has 0 radical (unpaired) electrons. The second-order valence-corrected chi connectivity index (χ2v) is 9.16. The first-order valence-electron chi connectivity index (χ1n) is 9.39. The van der Waals surface area contributed by atoms with Crippen LogP contribution in [-0.2, 0) is 10.0 Å². The number of benzene rings is 2. The molecule has 1 saturated heterocycles. The van der Waals surface area contributed by atoms with E-state index in [9.17, 15) is 13.2 Å². The van der Waals surface area contributed by atoms with Crippen molar-refractivity contribution in [2.75, 3.05) is 18.4 Å². The van der Waals surface area contributed by atoms with Gasteiger partial charge in [-0.05, 0) is 54.7 Å². The molecule has 2 aromatic rings. The molecule has 144 valence electrons. The number of carbonyl (C=O) groups is 1. The standard InChI is InChI=1S/C21H26N2O3S/c1-16(2)17-9-11-19(12-10-17)22-21(24)18-7-6-8-20(15-18)27(25,26)23-13-4-3-5-14-23/h6-12,15-16H,3-5,13-14H2,1-2H3,(H,22,24). The lowest BCUT2D eigenvalue weighted by Gasteiger charge is -2.26. The normalized spacial score (nSPS) is 15.7. The Kier molecular flexibility index (Phi) is 5.97. The summed E-state index contributed by atoms with van der Waals surface area (Å²) < 4.78 is 27.1. The fraction of sp³-hybridized carbons (Fsp3) is 0.381. The van der Waals surface area contributed by atoms with Gasteiger partial charge in [0.1, 0.15) is 0 Å². The zero-order chi connectivity index (χ0) is 19.4. The number of nitrogens with zero attached hydrogens (tertiary/aromatic N) is 1. The van der Waals surface area contributed by atoms with E-state index in [1.807, 2.05) is 24.3 Å². The number of sulfonamides is 1. The highest BCUT2D eigenvalue weighted by atomic mass is 32.2. The summed E-state index contributed by atoms with van der Waals surface area (Å²) in [6.07, 6.45) is 2.82. The summed E-state index contributed by atoms with van der Waals surface area (Å²) in [6.45, 7) is 5.31. The Bertz CT molecular complexity index is 899. The Morgan fingerprint density at radius 3 is 2.30 bits per heavy atom. The molecular weight excluding hydrogens is 360 g/mol. The summed E-state index contributed by atoms with van der Waals surface area (Å²) >= 11 is 0. The first-order chi connectivity index (χ1) is 12.9. The van der Waals surface area contributed by atoms with Crippen molar-refractivity contribution >= 4 is 21.6 Å². The summed E-state index contributed by atoms with van der Waals surface area (Å²) in [5, 5.41) is 2.84. The summed E-state index contributed by atoms with van der Waals surface area (Å²) in [6, 6.07) is 14.0. The maximum Gasteiger partial charge on any atom is 0.255 e. The van der Waals surface area contributed by atoms with E-state index in [2.05, 4.69) is 19.2 Å². The van der Waals surface area contributed by atoms with Crippen LogP contribution in [0, 0.1) is 0 Å². The maximum atomic E-state index is 12.8. The minimum atomic E-state index is -3.55. The molecule has 6 heteroatoms. The molecule has 0 spiro atoms. The van der Waals surface area contributed by atoms with Crippen molar-refractivity contribution in [2.24, 2.45) is 0 Å². The topological polar surface area (TPSA) is 66.5 Å². The lowest BCUT2D eigenvalue weighted by molar-refractivity contribution is 0.102. The van der Waals surface area contributed by atoms with Crippen LogP contribution in [0.2, 0.25) is 0 Å². The number of amides is 1. The minimum absolute atomic E-state index is 0.173. The van der Waals surface area contributed by atoms with Gasteiger partial charge in [0.15, 0.2) is 0 Å². The zero-order valence-electron chi connectivity index (χ0n) is 15.8. The van der Waals surface area contributed by atoms with Gasteiger partial charge in [0.25, 0.3) is 5.91 Å². The Hall–Kier alpha value is -2.18. The molecule has 27 heavy (non-hydrogen) atoms. The number of anilines is 1. The summed E-state index contributed by atoms with van der Waals surface area (Å²) in [4.78, 5) is 12.7. The third-order valence-corrected chi connectivity index (χ3v) is 6.78. The smallest absolute Gasteiger partial charge is 0.255 e. The highest BCUT2D eigenvalue weighted by Crippen LogP contribution is 2.22. The van der Waals surface area contributed by atoms with Gasteiger partial charge in [-0.15, -0.1) is 0 Å². The molecule has 1 amide bonds. The van der Waals surface area contributed by atoms with E-state index in [4.69, 9.17) is 0 Å². The summed E-state index contributed by atoms with van der Waals surface area (Å²) in [7, 11) is -3.55. The fourth-order valence-corrected chi connectivity index (χ4v) is 4.77. The third-order valence-electron chi connectivity index (χ3n) is 4.88. The molecule has 1 fully saturated rings. The molecule has 1 aliphatic heterocycles. The van der Waals surface area contributed by atoms with Crippen LogP contribution >= 0.6 is 0 Å². The van der Waals surface area contributed by atoms with Crippen molar-refractivity contribution in [3.8, 4) is 0 Å². The van der Waals surface area contributed by atoms with Crippen LogP contribution in [0.3, 0.4) is 0 Å². The van der Waals surface area contributed by atoms with Gasteiger partial charge in [-0.25, -0.2) is 8.42 Å². The van der Waals surface area contributed by atoms with Crippen molar-refractivity contribution < 1.29 is 13.2 Å². The maximum absolute atomic E-state index is 12.8. The average molecular weight is 387 g/mol. The molecule has 1 heterocycles. The van der Waals surface area contributed by atoms with E-state index in [0.29, 0.717) is 30.3 Å². The molecule has 1 N–H and O–H groups in total. The molecule has 0 aliphatic carbocycles. The van der Waals surface area contributed by atoms with E-state index in [1.54, 1.807) is 18.2 Å². The van der Waals surface area contributed by atoms with E-state index >= 15 is 0 Å². The number of carbonyl (C=O) groups excluding carboxylic acids is 1. The number of hydrogen-bond donors (Lipinski definition) is 1. The van der Waals surface area contributed by atoms with Crippen LogP contribution in [0.4, 0.5) is 5.69 Å². The van der Waals surface area contributed by atoms with Crippen LogP contribution in [-0.4, -0.2) is 31.7 Å². The lowest BCUT2D eigenvalue weighted by atomic mass is 10.0. The predicted molar refractivity (Wildman–Crippen MR) is 108 cm³/mol. The second-order valence-electron chi connectivity index (χ2n) is 7.22. The summed E-state index contributed by atoms with van der Waals surface area (Å²) in [5.41, 5.74) is 2.22. The first-order valence-corrected chi connectivity index (χ1v) is 10.8.